The molecule has 2 unspecified atom stereocenters. The molecule has 0 bridgehead atoms. The van der Waals surface area contributed by atoms with E-state index in [1.165, 1.54) is 7.05 Å². The summed E-state index contributed by atoms with van der Waals surface area (Å²) in [6.45, 7) is 12.6. The van der Waals surface area contributed by atoms with E-state index in [0.29, 0.717) is 39.5 Å². The number of carbonyl (C=O) groups excluding carboxylic acids is 1. The third-order valence-corrected chi connectivity index (χ3v) is 7.15. The first-order valence-electron chi connectivity index (χ1n) is 15.9. The van der Waals surface area contributed by atoms with E-state index in [4.69, 9.17) is 28.4 Å². The van der Waals surface area contributed by atoms with Gasteiger partial charge >= 0.3 is 6.03 Å². The van der Waals surface area contributed by atoms with Crippen molar-refractivity contribution in [1.82, 2.24) is 10.6 Å². The Kier molecular flexibility index (Phi) is 21.7. The quantitative estimate of drug-likeness (QED) is 0.124. The van der Waals surface area contributed by atoms with E-state index in [-0.39, 0.29) is 6.61 Å². The molecule has 0 spiro atoms. The van der Waals surface area contributed by atoms with Crippen molar-refractivity contribution < 1.29 is 43.4 Å². The van der Waals surface area contributed by atoms with Crippen LogP contribution in [-0.2, 0) is 28.4 Å². The molecule has 0 aromatic rings. The average Bonchev–Trinajstić information content (AvgIpc) is 2.98. The van der Waals surface area contributed by atoms with Gasteiger partial charge in [-0.1, -0.05) is 60.3 Å². The first-order valence-corrected chi connectivity index (χ1v) is 15.9. The Hall–Kier alpha value is -1.05. The number of amides is 2. The van der Waals surface area contributed by atoms with Gasteiger partial charge in [-0.3, -0.25) is 0 Å². The molecule has 244 valence electrons. The maximum Gasteiger partial charge on any atom is 0.314 e. The molecule has 1 heterocycles. The minimum atomic E-state index is -1.24. The second-order valence-corrected chi connectivity index (χ2v) is 10.7. The summed E-state index contributed by atoms with van der Waals surface area (Å²) in [6.07, 6.45) is 2.78. The summed E-state index contributed by atoms with van der Waals surface area (Å²) >= 11 is 0. The number of hydrogen-bond acceptors (Lipinski definition) is 9. The van der Waals surface area contributed by atoms with Crippen LogP contribution in [-0.4, -0.2) is 112 Å². The summed E-state index contributed by atoms with van der Waals surface area (Å²) in [5.41, 5.74) is 0. The lowest BCUT2D eigenvalue weighted by molar-refractivity contribution is -0.325. The zero-order valence-electron chi connectivity index (χ0n) is 26.5. The number of aliphatic hydroxyl groups is 2. The van der Waals surface area contributed by atoms with Gasteiger partial charge < -0.3 is 49.3 Å². The average molecular weight is 593 g/mol. The lowest BCUT2D eigenvalue weighted by Gasteiger charge is -2.46. The summed E-state index contributed by atoms with van der Waals surface area (Å²) in [5.74, 6) is 0. The molecule has 4 N–H and O–H groups in total. The smallest absolute Gasteiger partial charge is 0.314 e. The fourth-order valence-electron chi connectivity index (χ4n) is 4.43. The summed E-state index contributed by atoms with van der Waals surface area (Å²) < 4.78 is 38.0. The molecule has 2 amide bonds. The van der Waals surface area contributed by atoms with Gasteiger partial charge in [-0.05, 0) is 32.1 Å². The van der Waals surface area contributed by atoms with E-state index in [9.17, 15) is 15.0 Å². The SMILES string of the molecule is CCCCOCC1O[C@H](OC[C@H](NC(=O)NC)[C@H](O)[C@H](O)CC)C(OCCCC)[C@@H](OCCCC)[C@H]1OCCCC. The van der Waals surface area contributed by atoms with E-state index >= 15 is 0 Å². The molecule has 0 radical (unpaired) electrons. The molecule has 41 heavy (non-hydrogen) atoms. The van der Waals surface area contributed by atoms with Crippen molar-refractivity contribution in [1.29, 1.82) is 0 Å². The van der Waals surface area contributed by atoms with Crippen molar-refractivity contribution in [2.24, 2.45) is 0 Å². The van der Waals surface area contributed by atoms with Crippen LogP contribution in [0.2, 0.25) is 0 Å². The molecule has 0 aliphatic carbocycles. The van der Waals surface area contributed by atoms with Crippen LogP contribution >= 0.6 is 0 Å². The number of nitrogens with one attached hydrogen (secondary N) is 2. The molecule has 1 fully saturated rings. The predicted octanol–water partition coefficient (Wildman–Crippen LogP) is 3.53. The zero-order valence-corrected chi connectivity index (χ0v) is 26.5. The second kappa shape index (κ2) is 23.4. The fourth-order valence-corrected chi connectivity index (χ4v) is 4.43. The summed E-state index contributed by atoms with van der Waals surface area (Å²) in [7, 11) is 1.48. The van der Waals surface area contributed by atoms with Gasteiger partial charge in [-0.15, -0.1) is 0 Å². The monoisotopic (exact) mass is 592 g/mol. The molecular weight excluding hydrogens is 532 g/mol. The maximum atomic E-state index is 12.1. The summed E-state index contributed by atoms with van der Waals surface area (Å²) in [4.78, 5) is 12.1. The fraction of sp³-hybridized carbons (Fsp3) is 0.967. The van der Waals surface area contributed by atoms with Gasteiger partial charge in [0.2, 0.25) is 0 Å². The van der Waals surface area contributed by atoms with Crippen molar-refractivity contribution >= 4 is 6.03 Å². The minimum Gasteiger partial charge on any atom is -0.390 e. The highest BCUT2D eigenvalue weighted by molar-refractivity contribution is 5.73. The van der Waals surface area contributed by atoms with Gasteiger partial charge in [-0.25, -0.2) is 4.79 Å². The zero-order chi connectivity index (χ0) is 30.5. The van der Waals surface area contributed by atoms with Gasteiger partial charge in [0.25, 0.3) is 0 Å². The Morgan fingerprint density at radius 2 is 1.32 bits per heavy atom. The van der Waals surface area contributed by atoms with E-state index in [1.807, 2.05) is 0 Å². The molecule has 0 saturated carbocycles. The third kappa shape index (κ3) is 14.3. The number of carbonyl (C=O) groups is 1. The van der Waals surface area contributed by atoms with E-state index in [0.717, 1.165) is 51.4 Å². The van der Waals surface area contributed by atoms with Crippen molar-refractivity contribution in [2.75, 3.05) is 46.7 Å². The number of hydrogen-bond donors (Lipinski definition) is 4. The van der Waals surface area contributed by atoms with Gasteiger partial charge in [0.1, 0.15) is 30.5 Å². The van der Waals surface area contributed by atoms with Crippen LogP contribution in [0.4, 0.5) is 4.79 Å². The molecule has 11 heteroatoms. The van der Waals surface area contributed by atoms with Crippen molar-refractivity contribution in [3.63, 3.8) is 0 Å². The van der Waals surface area contributed by atoms with Gasteiger partial charge in [0, 0.05) is 33.5 Å². The molecule has 0 aromatic heterocycles. The number of rotatable bonds is 24. The summed E-state index contributed by atoms with van der Waals surface area (Å²) in [5, 5.41) is 26.2. The van der Waals surface area contributed by atoms with Crippen LogP contribution in [0.25, 0.3) is 0 Å². The minimum absolute atomic E-state index is 0.115. The Morgan fingerprint density at radius 3 is 1.85 bits per heavy atom. The highest BCUT2D eigenvalue weighted by Crippen LogP contribution is 2.30. The lowest BCUT2D eigenvalue weighted by Crippen LogP contribution is -2.63. The van der Waals surface area contributed by atoms with Crippen LogP contribution in [0.15, 0.2) is 0 Å². The van der Waals surface area contributed by atoms with Crippen LogP contribution in [0, 0.1) is 0 Å². The Morgan fingerprint density at radius 1 is 0.780 bits per heavy atom. The first kappa shape index (κ1) is 38.0. The second-order valence-electron chi connectivity index (χ2n) is 10.7. The third-order valence-electron chi connectivity index (χ3n) is 7.15. The number of unbranched alkanes of at least 4 members (excludes halogenated alkanes) is 4. The van der Waals surface area contributed by atoms with Crippen LogP contribution in [0.3, 0.4) is 0 Å². The number of urea groups is 1. The molecule has 1 aliphatic rings. The normalized spacial score (nSPS) is 25.0. The lowest BCUT2D eigenvalue weighted by atomic mass is 9.97. The molecule has 8 atom stereocenters. The predicted molar refractivity (Wildman–Crippen MR) is 158 cm³/mol. The van der Waals surface area contributed by atoms with E-state index in [1.54, 1.807) is 6.92 Å². The first-order chi connectivity index (χ1) is 19.9. The highest BCUT2D eigenvalue weighted by Gasteiger charge is 2.49. The van der Waals surface area contributed by atoms with Crippen molar-refractivity contribution in [3.8, 4) is 0 Å². The Labute approximate surface area is 248 Å². The standard InChI is InChI=1S/C30H60N2O9/c1-7-12-16-36-21-24-26(37-17-13-8-2)27(38-18-14-9-3)28(39-19-15-10-4)29(41-24)40-20-22(32-30(35)31-6)25(34)23(33)11-5/h22-29,33-34H,7-21H2,1-6H3,(H2,31,32,35)/t22-,23+,24?,25-,26-,27-,28?,29-/m0/s1. The van der Waals surface area contributed by atoms with E-state index < -0.39 is 55.0 Å². The topological polar surface area (TPSA) is 137 Å². The van der Waals surface area contributed by atoms with Crippen molar-refractivity contribution in [2.45, 2.75) is 141 Å². The maximum absolute atomic E-state index is 12.1. The molecule has 1 aliphatic heterocycles. The number of ether oxygens (including phenoxy) is 6. The highest BCUT2D eigenvalue weighted by atomic mass is 16.7. The van der Waals surface area contributed by atoms with Gasteiger partial charge in [-0.2, -0.15) is 0 Å². The van der Waals surface area contributed by atoms with Gasteiger partial charge in [0.15, 0.2) is 6.29 Å². The van der Waals surface area contributed by atoms with E-state index in [2.05, 4.69) is 38.3 Å². The van der Waals surface area contributed by atoms with Crippen LogP contribution < -0.4 is 10.6 Å². The van der Waals surface area contributed by atoms with Crippen molar-refractivity contribution in [3.05, 3.63) is 0 Å². The number of aliphatic hydroxyl groups excluding tert-OH is 2. The molecule has 11 nitrogen and oxygen atoms in total. The van der Waals surface area contributed by atoms with Gasteiger partial charge in [0.05, 0.1) is 25.4 Å². The Balaban J connectivity index is 3.29. The molecule has 0 aromatic carbocycles. The largest absolute Gasteiger partial charge is 0.390 e. The van der Waals surface area contributed by atoms with Crippen LogP contribution in [0.1, 0.15) is 92.4 Å². The summed E-state index contributed by atoms with van der Waals surface area (Å²) in [6, 6.07) is -1.38. The Bertz CT molecular complexity index is 645. The molecular formula is C30H60N2O9. The molecule has 1 saturated heterocycles. The molecule has 1 rings (SSSR count). The van der Waals surface area contributed by atoms with Crippen LogP contribution in [0.5, 0.6) is 0 Å².